The fourth-order valence-electron chi connectivity index (χ4n) is 0.127. The van der Waals surface area contributed by atoms with Gasteiger partial charge in [0, 0.05) is 13.0 Å². The van der Waals surface area contributed by atoms with Crippen molar-refractivity contribution < 1.29 is 5.11 Å². The molecule has 0 fully saturated rings. The molecule has 0 aromatic carbocycles. The number of aliphatic hydroxyl groups is 1. The normalized spacial score (nSPS) is 9.68. The van der Waals surface area contributed by atoms with Gasteiger partial charge in [0.25, 0.3) is 0 Å². The minimum Gasteiger partial charge on any atom is -0.396 e. The molecule has 31 heavy (non-hydrogen) atoms. The third-order valence-electron chi connectivity index (χ3n) is 0.395. The predicted molar refractivity (Wildman–Crippen MR) is 160 cm³/mol. The van der Waals surface area contributed by atoms with E-state index in [4.69, 9.17) is 249 Å². The van der Waals surface area contributed by atoms with Gasteiger partial charge in [0.2, 0.25) is 0 Å². The van der Waals surface area contributed by atoms with Gasteiger partial charge in [-0.05, 0) is 0 Å². The zero-order valence-corrected chi connectivity index (χ0v) is 29.6. The fourth-order valence-corrected chi connectivity index (χ4v) is 0.380. The zero-order chi connectivity index (χ0) is 27.4. The molecule has 0 bridgehead atoms. The number of alkyl halides is 21. The lowest BCUT2D eigenvalue weighted by Gasteiger charge is -2.05. The van der Waals surface area contributed by atoms with E-state index in [0.29, 0.717) is 0 Å². The number of halogens is 21. The van der Waals surface area contributed by atoms with Crippen LogP contribution in [0.4, 0.5) is 0 Å². The van der Waals surface area contributed by atoms with Crippen molar-refractivity contribution in [2.45, 2.75) is 36.0 Å². The van der Waals surface area contributed by atoms with Crippen LogP contribution in [0.1, 0.15) is 6.42 Å². The average molecular weight is 880 g/mol. The van der Waals surface area contributed by atoms with Gasteiger partial charge in [0.05, 0.1) is 0 Å². The number of rotatable bonds is 1. The molecule has 0 unspecified atom stereocenters. The van der Waals surface area contributed by atoms with Crippen LogP contribution in [0.3, 0.4) is 0 Å². The first-order valence-electron chi connectivity index (χ1n) is 5.66. The molecule has 22 heteroatoms. The van der Waals surface area contributed by atoms with Crippen molar-refractivity contribution >= 4 is 244 Å². The van der Waals surface area contributed by atoms with Crippen molar-refractivity contribution in [2.24, 2.45) is 0 Å². The molecule has 0 rings (SSSR count). The monoisotopic (exact) mass is 869 g/mol. The summed E-state index contributed by atoms with van der Waals surface area (Å²) in [6, 6.07) is 0. The minimum atomic E-state index is -1.28. The summed E-state index contributed by atoms with van der Waals surface area (Å²) in [6.45, 7) is -0.0868. The molecule has 1 N–H and O–H groups in total. The summed E-state index contributed by atoms with van der Waals surface area (Å²) in [5.41, 5.74) is 0. The van der Waals surface area contributed by atoms with Gasteiger partial charge in [0.15, 0.2) is 29.6 Å². The smallest absolute Gasteiger partial charge is 0.192 e. The van der Waals surface area contributed by atoms with E-state index in [-0.39, 0.29) is 13.0 Å². The Hall–Kier alpha value is 6.05. The van der Waals surface area contributed by atoms with E-state index < -0.39 is 29.6 Å². The highest BCUT2D eigenvalue weighted by molar-refractivity contribution is 6.67. The Morgan fingerprint density at radius 3 is 0.484 bits per heavy atom. The van der Waals surface area contributed by atoms with Crippen molar-refractivity contribution in [1.82, 2.24) is 0 Å². The summed E-state index contributed by atoms with van der Waals surface area (Å²) in [5, 5.41) is 8.15. The second-order valence-corrected chi connectivity index (χ2v) is 17.0. The molecular formula is C9H11Cl21O. The van der Waals surface area contributed by atoms with Crippen molar-refractivity contribution in [3.05, 3.63) is 0 Å². The van der Waals surface area contributed by atoms with Crippen LogP contribution >= 0.6 is 244 Å². The lowest BCUT2D eigenvalue weighted by atomic mass is 10.5. The molecule has 0 aliphatic carbocycles. The van der Waals surface area contributed by atoms with Crippen LogP contribution in [-0.2, 0) is 0 Å². The van der Waals surface area contributed by atoms with E-state index in [1.54, 1.807) is 0 Å². The van der Waals surface area contributed by atoms with Gasteiger partial charge >= 0.3 is 0 Å². The molecule has 0 amide bonds. The van der Waals surface area contributed by atoms with Crippen LogP contribution in [0, 0.1) is 0 Å². The molecule has 1 nitrogen and oxygen atoms in total. The van der Waals surface area contributed by atoms with E-state index in [1.807, 2.05) is 0 Å². The highest BCUT2D eigenvalue weighted by atomic mass is 35.6. The average Bonchev–Trinajstić information content (AvgIpc) is 2.31. The SMILES string of the molecule is ClC(Cl)Cl.ClC(Cl)Cl.ClC(Cl)Cl.ClC(Cl)Cl.ClC(Cl)Cl.ClC(Cl)Cl.OCCC(Cl)(Cl)Cl. The molecule has 0 saturated carbocycles. The first kappa shape index (κ1) is 53.3. The number of hydrogen-bond donors (Lipinski definition) is 1. The summed E-state index contributed by atoms with van der Waals surface area (Å²) < 4.78 is -5.78. The van der Waals surface area contributed by atoms with Crippen LogP contribution in [0.15, 0.2) is 0 Å². The number of aliphatic hydroxyl groups excluding tert-OH is 1. The lowest BCUT2D eigenvalue weighted by Crippen LogP contribution is -2.03. The van der Waals surface area contributed by atoms with E-state index in [0.717, 1.165) is 0 Å². The summed E-state index contributed by atoms with van der Waals surface area (Å²) in [6.07, 6.45) is 0.192. The van der Waals surface area contributed by atoms with E-state index >= 15 is 0 Å². The molecule has 0 aromatic heterocycles. The highest BCUT2D eigenvalue weighted by Crippen LogP contribution is 2.28. The van der Waals surface area contributed by atoms with Gasteiger partial charge < -0.3 is 5.11 Å². The van der Waals surface area contributed by atoms with Crippen LogP contribution in [0.2, 0.25) is 0 Å². The standard InChI is InChI=1S/C3H5Cl3O.6CHCl3/c4-3(5,6)1-2-7;6*2-1(3)4/h7H,1-2H2;6*1H. The molecule has 0 radical (unpaired) electrons. The summed E-state index contributed by atoms with van der Waals surface area (Å²) in [5.74, 6) is 0. The largest absolute Gasteiger partial charge is 0.396 e. The van der Waals surface area contributed by atoms with Crippen molar-refractivity contribution in [3.8, 4) is 0 Å². The lowest BCUT2D eigenvalue weighted by molar-refractivity contribution is 0.290. The van der Waals surface area contributed by atoms with Gasteiger partial charge in [0.1, 0.15) is 0 Å². The molecule has 0 atom stereocenters. The van der Waals surface area contributed by atoms with Crippen molar-refractivity contribution in [1.29, 1.82) is 0 Å². The van der Waals surface area contributed by atoms with Crippen LogP contribution < -0.4 is 0 Å². The van der Waals surface area contributed by atoms with E-state index in [9.17, 15) is 0 Å². The topological polar surface area (TPSA) is 20.2 Å². The summed E-state index contributed by atoms with van der Waals surface area (Å²) in [4.78, 5) is 0. The minimum absolute atomic E-state index is 0.0868. The molecule has 200 valence electrons. The molecular weight excluding hydrogens is 869 g/mol. The molecule has 0 spiro atoms. The van der Waals surface area contributed by atoms with Crippen LogP contribution in [0.5, 0.6) is 0 Å². The van der Waals surface area contributed by atoms with Gasteiger partial charge in [-0.2, -0.15) is 0 Å². The van der Waals surface area contributed by atoms with Crippen LogP contribution in [-0.4, -0.2) is 41.3 Å². The third kappa shape index (κ3) is 414. The predicted octanol–water partition coefficient (Wildman–Crippen LogP) is 13.7. The van der Waals surface area contributed by atoms with E-state index in [2.05, 4.69) is 0 Å². The Labute approximate surface area is 287 Å². The maximum absolute atomic E-state index is 8.15. The molecule has 0 saturated heterocycles. The van der Waals surface area contributed by atoms with Gasteiger partial charge in [-0.15, -0.1) is 0 Å². The first-order chi connectivity index (χ1) is 13.5. The van der Waals surface area contributed by atoms with Gasteiger partial charge in [-0.3, -0.25) is 0 Å². The van der Waals surface area contributed by atoms with Crippen LogP contribution in [0.25, 0.3) is 0 Å². The second kappa shape index (κ2) is 43.1. The molecule has 0 aliphatic heterocycles. The van der Waals surface area contributed by atoms with Gasteiger partial charge in [-0.25, -0.2) is 0 Å². The maximum Gasteiger partial charge on any atom is 0.192 e. The Morgan fingerprint density at radius 1 is 0.387 bits per heavy atom. The Bertz CT molecular complexity index is 193. The summed E-state index contributed by atoms with van der Waals surface area (Å²) in [7, 11) is 0. The zero-order valence-electron chi connectivity index (χ0n) is 13.8. The van der Waals surface area contributed by atoms with Crippen molar-refractivity contribution in [3.63, 3.8) is 0 Å². The fraction of sp³-hybridized carbons (Fsp3) is 1.00. The molecule has 0 heterocycles. The van der Waals surface area contributed by atoms with E-state index in [1.165, 1.54) is 0 Å². The molecule has 0 aliphatic rings. The summed E-state index contributed by atoms with van der Waals surface area (Å²) >= 11 is 102. The van der Waals surface area contributed by atoms with Gasteiger partial charge in [-0.1, -0.05) is 244 Å². The first-order valence-corrected chi connectivity index (χ1v) is 14.7. The second-order valence-electron chi connectivity index (χ2n) is 2.57. The highest BCUT2D eigenvalue weighted by Gasteiger charge is 2.17. The Balaban J connectivity index is -0.0000000440. The Morgan fingerprint density at radius 2 is 0.484 bits per heavy atom. The van der Waals surface area contributed by atoms with Crippen molar-refractivity contribution in [2.75, 3.05) is 6.61 Å². The number of hydrogen-bond acceptors (Lipinski definition) is 1. The quantitative estimate of drug-likeness (QED) is 0.260. The molecule has 0 aromatic rings. The Kier molecular flexibility index (Phi) is 74.2. The third-order valence-corrected chi connectivity index (χ3v) is 0.962. The maximum atomic E-state index is 8.15.